The Morgan fingerprint density at radius 3 is 2.76 bits per heavy atom. The first-order valence-electron chi connectivity index (χ1n) is 5.54. The number of nitrogens with zero attached hydrogens (tertiary/aromatic N) is 2. The van der Waals surface area contributed by atoms with Crippen LogP contribution >= 0.6 is 0 Å². The van der Waals surface area contributed by atoms with Gasteiger partial charge in [0.25, 0.3) is 0 Å². The van der Waals surface area contributed by atoms with E-state index < -0.39 is 0 Å². The number of para-hydroxylation sites is 1. The topological polar surface area (TPSA) is 63.8 Å². The van der Waals surface area contributed by atoms with E-state index in [0.29, 0.717) is 6.54 Å². The third-order valence-electron chi connectivity index (χ3n) is 2.59. The van der Waals surface area contributed by atoms with Gasteiger partial charge >= 0.3 is 0 Å². The van der Waals surface area contributed by atoms with Crippen LogP contribution in [0.2, 0.25) is 0 Å². The molecule has 1 aromatic heterocycles. The highest BCUT2D eigenvalue weighted by Gasteiger charge is 2.02. The van der Waals surface area contributed by atoms with Crippen molar-refractivity contribution in [2.45, 2.75) is 20.4 Å². The average molecular weight is 228 g/mol. The van der Waals surface area contributed by atoms with Crippen molar-refractivity contribution < 1.29 is 0 Å². The van der Waals surface area contributed by atoms with E-state index in [1.54, 1.807) is 6.20 Å². The number of nitrogens with two attached hydrogens (primary N) is 1. The fourth-order valence-corrected chi connectivity index (χ4v) is 1.71. The molecule has 0 aliphatic heterocycles. The van der Waals surface area contributed by atoms with Gasteiger partial charge in [0, 0.05) is 6.20 Å². The summed E-state index contributed by atoms with van der Waals surface area (Å²) in [7, 11) is 0. The molecule has 0 aliphatic rings. The first-order chi connectivity index (χ1) is 8.16. The number of nitrogen functional groups attached to an aromatic ring is 1. The molecule has 3 N–H and O–H groups in total. The highest BCUT2D eigenvalue weighted by Crippen LogP contribution is 2.22. The maximum Gasteiger partial charge on any atom is 0.125 e. The van der Waals surface area contributed by atoms with Gasteiger partial charge in [0.1, 0.15) is 5.82 Å². The van der Waals surface area contributed by atoms with Gasteiger partial charge in [-0.1, -0.05) is 12.1 Å². The van der Waals surface area contributed by atoms with E-state index in [4.69, 9.17) is 5.73 Å². The van der Waals surface area contributed by atoms with Crippen LogP contribution in [0, 0.1) is 13.8 Å². The minimum Gasteiger partial charge on any atom is -0.397 e. The molecule has 0 aliphatic carbocycles. The van der Waals surface area contributed by atoms with Crippen molar-refractivity contribution >= 4 is 11.4 Å². The van der Waals surface area contributed by atoms with Crippen molar-refractivity contribution in [3.8, 4) is 0 Å². The van der Waals surface area contributed by atoms with Crippen LogP contribution in [0.1, 0.15) is 17.1 Å². The maximum atomic E-state index is 5.92. The van der Waals surface area contributed by atoms with Crippen LogP contribution in [0.15, 0.2) is 30.5 Å². The van der Waals surface area contributed by atoms with Crippen LogP contribution in [0.4, 0.5) is 11.4 Å². The van der Waals surface area contributed by atoms with Gasteiger partial charge in [-0.2, -0.15) is 0 Å². The molecule has 4 heteroatoms. The number of benzene rings is 1. The first-order valence-corrected chi connectivity index (χ1v) is 5.54. The third kappa shape index (κ3) is 2.72. The van der Waals surface area contributed by atoms with Crippen molar-refractivity contribution in [3.05, 3.63) is 47.5 Å². The number of rotatable bonds is 3. The number of aryl methyl sites for hydroxylation is 2. The first kappa shape index (κ1) is 11.4. The molecule has 2 aromatic rings. The molecule has 0 amide bonds. The lowest BCUT2D eigenvalue weighted by atomic mass is 10.1. The minimum atomic E-state index is 0.651. The van der Waals surface area contributed by atoms with Gasteiger partial charge in [0.15, 0.2) is 0 Å². The van der Waals surface area contributed by atoms with Crippen molar-refractivity contribution in [3.63, 3.8) is 0 Å². The Balaban J connectivity index is 2.13. The molecule has 4 nitrogen and oxygen atoms in total. The van der Waals surface area contributed by atoms with Gasteiger partial charge in [-0.25, -0.2) is 9.97 Å². The summed E-state index contributed by atoms with van der Waals surface area (Å²) >= 11 is 0. The maximum absolute atomic E-state index is 5.92. The number of hydrogen-bond donors (Lipinski definition) is 2. The lowest BCUT2D eigenvalue weighted by molar-refractivity contribution is 0.954. The lowest BCUT2D eigenvalue weighted by Gasteiger charge is -2.11. The Labute approximate surface area is 101 Å². The van der Waals surface area contributed by atoms with Gasteiger partial charge < -0.3 is 11.1 Å². The summed E-state index contributed by atoms with van der Waals surface area (Å²) in [5.74, 6) is 0.780. The van der Waals surface area contributed by atoms with Gasteiger partial charge in [-0.3, -0.25) is 0 Å². The summed E-state index contributed by atoms with van der Waals surface area (Å²) in [5, 5.41) is 3.31. The molecule has 0 saturated carbocycles. The molecule has 0 bridgehead atoms. The summed E-state index contributed by atoms with van der Waals surface area (Å²) < 4.78 is 0. The van der Waals surface area contributed by atoms with Crippen molar-refractivity contribution in [2.24, 2.45) is 0 Å². The summed E-state index contributed by atoms with van der Waals surface area (Å²) in [5.41, 5.74) is 9.75. The van der Waals surface area contributed by atoms with Crippen molar-refractivity contribution in [1.29, 1.82) is 0 Å². The van der Waals surface area contributed by atoms with E-state index in [1.807, 2.05) is 38.1 Å². The van der Waals surface area contributed by atoms with E-state index in [0.717, 1.165) is 28.5 Å². The Bertz CT molecular complexity index is 502. The molecule has 17 heavy (non-hydrogen) atoms. The minimum absolute atomic E-state index is 0.651. The number of nitrogens with one attached hydrogen (secondary N) is 1. The van der Waals surface area contributed by atoms with Crippen LogP contribution in [0.5, 0.6) is 0 Å². The van der Waals surface area contributed by atoms with Gasteiger partial charge in [0.2, 0.25) is 0 Å². The Kier molecular flexibility index (Phi) is 3.23. The fraction of sp³-hybridized carbons (Fsp3) is 0.231. The molecule has 1 heterocycles. The van der Waals surface area contributed by atoms with E-state index in [2.05, 4.69) is 15.3 Å². The summed E-state index contributed by atoms with van der Waals surface area (Å²) in [6.45, 7) is 4.56. The molecular formula is C13H16N4. The SMILES string of the molecule is Cc1nccc(CNc2c(C)cccc2N)n1. The molecule has 0 fully saturated rings. The summed E-state index contributed by atoms with van der Waals surface area (Å²) in [6, 6.07) is 7.77. The molecule has 0 unspecified atom stereocenters. The Hall–Kier alpha value is -2.10. The molecule has 1 aromatic carbocycles. The van der Waals surface area contributed by atoms with E-state index in [1.165, 1.54) is 0 Å². The normalized spacial score (nSPS) is 10.2. The Morgan fingerprint density at radius 1 is 1.24 bits per heavy atom. The van der Waals surface area contributed by atoms with Crippen molar-refractivity contribution in [2.75, 3.05) is 11.1 Å². The molecule has 0 radical (unpaired) electrons. The molecule has 0 saturated heterocycles. The van der Waals surface area contributed by atoms with Crippen LogP contribution in [-0.4, -0.2) is 9.97 Å². The quantitative estimate of drug-likeness (QED) is 0.791. The second-order valence-electron chi connectivity index (χ2n) is 3.99. The number of aromatic nitrogens is 2. The Morgan fingerprint density at radius 2 is 2.06 bits per heavy atom. The smallest absolute Gasteiger partial charge is 0.125 e. The molecule has 0 atom stereocenters. The molecular weight excluding hydrogens is 212 g/mol. The van der Waals surface area contributed by atoms with Gasteiger partial charge in [-0.15, -0.1) is 0 Å². The lowest BCUT2D eigenvalue weighted by Crippen LogP contribution is -2.06. The van der Waals surface area contributed by atoms with Crippen LogP contribution in [-0.2, 0) is 6.54 Å². The zero-order valence-corrected chi connectivity index (χ0v) is 10.1. The second-order valence-corrected chi connectivity index (χ2v) is 3.99. The highest BCUT2D eigenvalue weighted by molar-refractivity contribution is 5.69. The van der Waals surface area contributed by atoms with E-state index in [9.17, 15) is 0 Å². The van der Waals surface area contributed by atoms with Gasteiger partial charge in [0.05, 0.1) is 23.6 Å². The molecule has 0 spiro atoms. The standard InChI is InChI=1S/C13H16N4/c1-9-4-3-5-12(14)13(9)16-8-11-6-7-15-10(2)17-11/h3-7,16H,8,14H2,1-2H3. The zero-order valence-electron chi connectivity index (χ0n) is 10.1. The fourth-order valence-electron chi connectivity index (χ4n) is 1.71. The van der Waals surface area contributed by atoms with E-state index >= 15 is 0 Å². The molecule has 88 valence electrons. The summed E-state index contributed by atoms with van der Waals surface area (Å²) in [4.78, 5) is 8.40. The predicted octanol–water partition coefficient (Wildman–Crippen LogP) is 2.29. The monoisotopic (exact) mass is 228 g/mol. The average Bonchev–Trinajstić information content (AvgIpc) is 2.28. The largest absolute Gasteiger partial charge is 0.397 e. The number of anilines is 2. The van der Waals surface area contributed by atoms with Crippen LogP contribution in [0.3, 0.4) is 0 Å². The van der Waals surface area contributed by atoms with E-state index in [-0.39, 0.29) is 0 Å². The zero-order chi connectivity index (χ0) is 12.3. The predicted molar refractivity (Wildman–Crippen MR) is 69.7 cm³/mol. The second kappa shape index (κ2) is 4.82. The van der Waals surface area contributed by atoms with Crippen molar-refractivity contribution in [1.82, 2.24) is 9.97 Å². The van der Waals surface area contributed by atoms with Crippen LogP contribution < -0.4 is 11.1 Å². The highest BCUT2D eigenvalue weighted by atomic mass is 14.9. The molecule has 2 rings (SSSR count). The number of hydrogen-bond acceptors (Lipinski definition) is 4. The van der Waals surface area contributed by atoms with Gasteiger partial charge in [-0.05, 0) is 31.5 Å². The third-order valence-corrected chi connectivity index (χ3v) is 2.59. The van der Waals surface area contributed by atoms with Crippen LogP contribution in [0.25, 0.3) is 0 Å². The summed E-state index contributed by atoms with van der Waals surface area (Å²) in [6.07, 6.45) is 1.76.